The van der Waals surface area contributed by atoms with Crippen LogP contribution in [-0.2, 0) is 10.2 Å². The first kappa shape index (κ1) is 9.66. The largest absolute Gasteiger partial charge is 0.496 e. The molecule has 1 atom stereocenters. The number of fused-ring (bicyclic) bond motifs is 2. The summed E-state index contributed by atoms with van der Waals surface area (Å²) in [4.78, 5) is 12.1. The highest BCUT2D eigenvalue weighted by molar-refractivity contribution is 6.07. The zero-order valence-corrected chi connectivity index (χ0v) is 9.17. The van der Waals surface area contributed by atoms with Gasteiger partial charge in [-0.15, -0.1) is 0 Å². The lowest BCUT2D eigenvalue weighted by Crippen LogP contribution is -2.36. The van der Waals surface area contributed by atoms with Crippen molar-refractivity contribution in [3.8, 4) is 5.75 Å². The van der Waals surface area contributed by atoms with E-state index in [-0.39, 0.29) is 5.91 Å². The van der Waals surface area contributed by atoms with Crippen molar-refractivity contribution in [2.24, 2.45) is 0 Å². The average molecular weight is 218 g/mol. The van der Waals surface area contributed by atoms with Crippen LogP contribution in [0.15, 0.2) is 18.2 Å². The molecule has 1 saturated heterocycles. The number of anilines is 1. The highest BCUT2D eigenvalue weighted by Gasteiger charge is 2.50. The SMILES string of the molecule is COc1cccc2c1[C@]1(CCNC1)C(=O)N2. The van der Waals surface area contributed by atoms with Crippen molar-refractivity contribution in [3.05, 3.63) is 23.8 Å². The summed E-state index contributed by atoms with van der Waals surface area (Å²) in [7, 11) is 1.65. The van der Waals surface area contributed by atoms with Gasteiger partial charge in [-0.25, -0.2) is 0 Å². The molecule has 84 valence electrons. The molecular formula is C12H14N2O2. The Kier molecular flexibility index (Phi) is 1.94. The van der Waals surface area contributed by atoms with E-state index in [0.717, 1.165) is 30.0 Å². The van der Waals surface area contributed by atoms with Crippen LogP contribution in [0.5, 0.6) is 5.75 Å². The van der Waals surface area contributed by atoms with Gasteiger partial charge in [-0.3, -0.25) is 4.79 Å². The molecule has 1 amide bonds. The quantitative estimate of drug-likeness (QED) is 0.735. The van der Waals surface area contributed by atoms with E-state index in [2.05, 4.69) is 10.6 Å². The fourth-order valence-corrected chi connectivity index (χ4v) is 2.75. The van der Waals surface area contributed by atoms with Gasteiger partial charge in [0.05, 0.1) is 12.5 Å². The van der Waals surface area contributed by atoms with Gasteiger partial charge in [0.25, 0.3) is 0 Å². The molecule has 2 aliphatic heterocycles. The lowest BCUT2D eigenvalue weighted by Gasteiger charge is -2.21. The lowest BCUT2D eigenvalue weighted by atomic mass is 9.80. The van der Waals surface area contributed by atoms with Gasteiger partial charge in [0.15, 0.2) is 0 Å². The number of carbonyl (C=O) groups excluding carboxylic acids is 1. The number of hydrogen-bond donors (Lipinski definition) is 2. The maximum absolute atomic E-state index is 12.1. The average Bonchev–Trinajstić information content (AvgIpc) is 2.88. The van der Waals surface area contributed by atoms with E-state index in [4.69, 9.17) is 4.74 Å². The molecule has 0 aliphatic carbocycles. The molecule has 1 aromatic rings. The maximum Gasteiger partial charge on any atom is 0.236 e. The first-order chi connectivity index (χ1) is 7.78. The van der Waals surface area contributed by atoms with Crippen LogP contribution in [0.4, 0.5) is 5.69 Å². The zero-order chi connectivity index (χ0) is 11.2. The van der Waals surface area contributed by atoms with Gasteiger partial charge in [-0.2, -0.15) is 0 Å². The van der Waals surface area contributed by atoms with Crippen LogP contribution in [0.25, 0.3) is 0 Å². The molecule has 2 heterocycles. The molecule has 2 aliphatic rings. The van der Waals surface area contributed by atoms with Crippen LogP contribution in [0.2, 0.25) is 0 Å². The van der Waals surface area contributed by atoms with Gasteiger partial charge < -0.3 is 15.4 Å². The number of amides is 1. The molecule has 16 heavy (non-hydrogen) atoms. The van der Waals surface area contributed by atoms with Crippen LogP contribution in [0.3, 0.4) is 0 Å². The Morgan fingerprint density at radius 2 is 2.31 bits per heavy atom. The predicted molar refractivity (Wildman–Crippen MR) is 60.8 cm³/mol. The number of rotatable bonds is 1. The fraction of sp³-hybridized carbons (Fsp3) is 0.417. The molecule has 0 saturated carbocycles. The Bertz CT molecular complexity index is 450. The van der Waals surface area contributed by atoms with Crippen LogP contribution in [-0.4, -0.2) is 26.1 Å². The molecule has 0 bridgehead atoms. The molecular weight excluding hydrogens is 204 g/mol. The molecule has 1 spiro atoms. The maximum atomic E-state index is 12.1. The first-order valence-electron chi connectivity index (χ1n) is 5.47. The van der Waals surface area contributed by atoms with E-state index in [9.17, 15) is 4.79 Å². The van der Waals surface area contributed by atoms with Crippen molar-refractivity contribution in [2.45, 2.75) is 11.8 Å². The third kappa shape index (κ3) is 1.05. The smallest absolute Gasteiger partial charge is 0.236 e. The van der Waals surface area contributed by atoms with E-state index in [1.54, 1.807) is 7.11 Å². The van der Waals surface area contributed by atoms with Crippen molar-refractivity contribution in [3.63, 3.8) is 0 Å². The van der Waals surface area contributed by atoms with Gasteiger partial charge in [-0.1, -0.05) is 6.07 Å². The zero-order valence-electron chi connectivity index (χ0n) is 9.17. The van der Waals surface area contributed by atoms with Crippen LogP contribution < -0.4 is 15.4 Å². The van der Waals surface area contributed by atoms with Gasteiger partial charge in [0.2, 0.25) is 5.91 Å². The molecule has 1 fully saturated rings. The third-order valence-electron chi connectivity index (χ3n) is 3.56. The number of carbonyl (C=O) groups is 1. The minimum Gasteiger partial charge on any atom is -0.496 e. The minimum absolute atomic E-state index is 0.0944. The molecule has 2 N–H and O–H groups in total. The lowest BCUT2D eigenvalue weighted by molar-refractivity contribution is -0.120. The van der Waals surface area contributed by atoms with Crippen molar-refractivity contribution in [1.82, 2.24) is 5.32 Å². The third-order valence-corrected chi connectivity index (χ3v) is 3.56. The van der Waals surface area contributed by atoms with Gasteiger partial charge in [-0.05, 0) is 25.1 Å². The number of hydrogen-bond acceptors (Lipinski definition) is 3. The number of benzene rings is 1. The number of methoxy groups -OCH3 is 1. The predicted octanol–water partition coefficient (Wildman–Crippen LogP) is 0.878. The van der Waals surface area contributed by atoms with E-state index in [1.165, 1.54) is 0 Å². The molecule has 4 heteroatoms. The second kappa shape index (κ2) is 3.22. The van der Waals surface area contributed by atoms with E-state index >= 15 is 0 Å². The second-order valence-corrected chi connectivity index (χ2v) is 4.35. The minimum atomic E-state index is -0.415. The Hall–Kier alpha value is -1.55. The van der Waals surface area contributed by atoms with Crippen molar-refractivity contribution in [2.75, 3.05) is 25.5 Å². The van der Waals surface area contributed by atoms with Crippen LogP contribution in [0.1, 0.15) is 12.0 Å². The van der Waals surface area contributed by atoms with Crippen LogP contribution >= 0.6 is 0 Å². The summed E-state index contributed by atoms with van der Waals surface area (Å²) in [5, 5.41) is 6.21. The topological polar surface area (TPSA) is 50.4 Å². The summed E-state index contributed by atoms with van der Waals surface area (Å²) >= 11 is 0. The number of ether oxygens (including phenoxy) is 1. The Labute approximate surface area is 94.0 Å². The Morgan fingerprint density at radius 1 is 1.44 bits per heavy atom. The van der Waals surface area contributed by atoms with E-state index in [0.29, 0.717) is 6.54 Å². The summed E-state index contributed by atoms with van der Waals surface area (Å²) in [6, 6.07) is 5.75. The first-order valence-corrected chi connectivity index (χ1v) is 5.47. The summed E-state index contributed by atoms with van der Waals surface area (Å²) in [5.41, 5.74) is 1.50. The van der Waals surface area contributed by atoms with Crippen LogP contribution in [0, 0.1) is 0 Å². The Morgan fingerprint density at radius 3 is 3.00 bits per heavy atom. The summed E-state index contributed by atoms with van der Waals surface area (Å²) in [5.74, 6) is 0.900. The molecule has 4 nitrogen and oxygen atoms in total. The summed E-state index contributed by atoms with van der Waals surface area (Å²) in [6.45, 7) is 1.58. The highest BCUT2D eigenvalue weighted by atomic mass is 16.5. The fourth-order valence-electron chi connectivity index (χ4n) is 2.75. The highest BCUT2D eigenvalue weighted by Crippen LogP contribution is 2.46. The van der Waals surface area contributed by atoms with Crippen molar-refractivity contribution in [1.29, 1.82) is 0 Å². The van der Waals surface area contributed by atoms with Crippen molar-refractivity contribution >= 4 is 11.6 Å². The summed E-state index contributed by atoms with van der Waals surface area (Å²) < 4.78 is 5.37. The normalized spacial score (nSPS) is 26.9. The van der Waals surface area contributed by atoms with Crippen molar-refractivity contribution < 1.29 is 9.53 Å². The summed E-state index contributed by atoms with van der Waals surface area (Å²) in [6.07, 6.45) is 0.839. The Balaban J connectivity index is 2.22. The molecule has 0 aromatic heterocycles. The van der Waals surface area contributed by atoms with E-state index in [1.807, 2.05) is 18.2 Å². The monoisotopic (exact) mass is 218 g/mol. The molecule has 0 unspecified atom stereocenters. The molecule has 0 radical (unpaired) electrons. The molecule has 3 rings (SSSR count). The van der Waals surface area contributed by atoms with Gasteiger partial charge >= 0.3 is 0 Å². The second-order valence-electron chi connectivity index (χ2n) is 4.35. The van der Waals surface area contributed by atoms with E-state index < -0.39 is 5.41 Å². The van der Waals surface area contributed by atoms with Gasteiger partial charge in [0.1, 0.15) is 5.75 Å². The number of nitrogens with one attached hydrogen (secondary N) is 2. The van der Waals surface area contributed by atoms with Gasteiger partial charge in [0, 0.05) is 17.8 Å². The standard InChI is InChI=1S/C12H14N2O2/c1-16-9-4-2-3-8-10(9)12(11(15)14-8)5-6-13-7-12/h2-4,13H,5-7H2,1H3,(H,14,15)/t12-/m1/s1. The molecule has 1 aromatic carbocycles.